The van der Waals surface area contributed by atoms with Gasteiger partial charge >= 0.3 is 0 Å². The molecule has 1 aliphatic heterocycles. The first-order chi connectivity index (χ1) is 32.3. The van der Waals surface area contributed by atoms with E-state index in [2.05, 4.69) is 261 Å². The van der Waals surface area contributed by atoms with E-state index in [9.17, 15) is 0 Å². The quantitative estimate of drug-likeness (QED) is 0.134. The molecule has 0 N–H and O–H groups in total. The van der Waals surface area contributed by atoms with Crippen LogP contribution >= 0.6 is 0 Å². The van der Waals surface area contributed by atoms with E-state index in [1.165, 1.54) is 123 Å². The van der Waals surface area contributed by atoms with E-state index in [-0.39, 0.29) is 20.1 Å². The smallest absolute Gasteiger partial charge is 0.200 e. The first kappa shape index (κ1) is 43.5. The maximum atomic E-state index is 2.41. The van der Waals surface area contributed by atoms with Gasteiger partial charge in [-0.25, -0.2) is 9.13 Å². The molecule has 0 saturated heterocycles. The first-order valence-electron chi connectivity index (χ1n) is 23.0. The number of aryl methyl sites for hydroxylation is 5. The average molecular weight is 1040 g/mol. The van der Waals surface area contributed by atoms with E-state index in [1.807, 2.05) is 0 Å². The van der Waals surface area contributed by atoms with Crippen molar-refractivity contribution in [3.05, 3.63) is 235 Å². The fourth-order valence-electron chi connectivity index (χ4n) is 10.3. The number of pyridine rings is 3. The normalized spacial score (nSPS) is 11.5. The van der Waals surface area contributed by atoms with Crippen molar-refractivity contribution in [2.45, 2.75) is 27.3 Å². The molecular formula is C63H52IrN3+3. The van der Waals surface area contributed by atoms with Gasteiger partial charge in [-0.2, -0.15) is 4.57 Å². The molecule has 7 aromatic carbocycles. The van der Waals surface area contributed by atoms with Crippen molar-refractivity contribution in [3.63, 3.8) is 0 Å². The molecule has 325 valence electrons. The van der Waals surface area contributed by atoms with Gasteiger partial charge in [-0.05, 0) is 136 Å². The number of aromatic nitrogens is 3. The molecule has 0 unspecified atom stereocenters. The third kappa shape index (κ3) is 8.07. The second kappa shape index (κ2) is 18.1. The van der Waals surface area contributed by atoms with Gasteiger partial charge in [0.25, 0.3) is 0 Å². The van der Waals surface area contributed by atoms with Crippen molar-refractivity contribution in [2.24, 2.45) is 14.1 Å². The third-order valence-corrected chi connectivity index (χ3v) is 13.7. The SMILES string of the molecule is Cc1cc(-c2ccccc2C)[n+](C)cc1-c1ccccc1-c1cc(-c2ccccc2-c2ccc(-c3ccccc3C)[n+](C)c2)cc(-c2ccccc2-c2ccc3[n+](c2)Cc2ccccc2-3)c1.[Ir]. The Kier molecular flexibility index (Phi) is 11.8. The molecule has 0 fully saturated rings. The van der Waals surface area contributed by atoms with Crippen LogP contribution in [-0.2, 0) is 40.7 Å². The van der Waals surface area contributed by atoms with E-state index in [1.54, 1.807) is 0 Å². The number of hydrogen-bond donors (Lipinski definition) is 0. The van der Waals surface area contributed by atoms with Gasteiger partial charge in [0.15, 0.2) is 25.1 Å². The van der Waals surface area contributed by atoms with Crippen molar-refractivity contribution >= 4 is 0 Å². The Morgan fingerprint density at radius 1 is 0.299 bits per heavy atom. The fourth-order valence-corrected chi connectivity index (χ4v) is 10.3. The average Bonchev–Trinajstić information content (AvgIpc) is 3.73. The van der Waals surface area contributed by atoms with Crippen LogP contribution in [0.3, 0.4) is 0 Å². The van der Waals surface area contributed by atoms with Gasteiger partial charge in [-0.3, -0.25) is 0 Å². The van der Waals surface area contributed by atoms with Gasteiger partial charge in [-0.15, -0.1) is 0 Å². The number of rotatable bonds is 8. The minimum absolute atomic E-state index is 0. The van der Waals surface area contributed by atoms with Crippen LogP contribution in [0.1, 0.15) is 22.3 Å². The van der Waals surface area contributed by atoms with E-state index >= 15 is 0 Å². The first-order valence-corrected chi connectivity index (χ1v) is 23.0. The van der Waals surface area contributed by atoms with Crippen LogP contribution in [0.4, 0.5) is 0 Å². The predicted octanol–water partition coefficient (Wildman–Crippen LogP) is 13.9. The molecule has 10 aromatic rings. The van der Waals surface area contributed by atoms with E-state index in [0.717, 1.165) is 6.54 Å². The molecule has 3 nitrogen and oxygen atoms in total. The van der Waals surface area contributed by atoms with Crippen LogP contribution in [0.15, 0.2) is 213 Å². The minimum atomic E-state index is 0. The summed E-state index contributed by atoms with van der Waals surface area (Å²) in [7, 11) is 4.33. The topological polar surface area (TPSA) is 11.6 Å². The van der Waals surface area contributed by atoms with E-state index in [4.69, 9.17) is 0 Å². The maximum Gasteiger partial charge on any atom is 0.213 e. The molecule has 1 radical (unpaired) electrons. The third-order valence-electron chi connectivity index (χ3n) is 13.7. The molecule has 4 heteroatoms. The van der Waals surface area contributed by atoms with Crippen molar-refractivity contribution in [1.82, 2.24) is 0 Å². The predicted molar refractivity (Wildman–Crippen MR) is 271 cm³/mol. The van der Waals surface area contributed by atoms with Crippen LogP contribution in [0.25, 0.3) is 101 Å². The summed E-state index contributed by atoms with van der Waals surface area (Å²) in [5.74, 6) is 0. The molecule has 0 bridgehead atoms. The molecule has 0 aliphatic carbocycles. The van der Waals surface area contributed by atoms with Gasteiger partial charge in [0.1, 0.15) is 14.1 Å². The summed E-state index contributed by atoms with van der Waals surface area (Å²) in [4.78, 5) is 0. The van der Waals surface area contributed by atoms with Crippen LogP contribution in [-0.4, -0.2) is 0 Å². The Labute approximate surface area is 408 Å². The fraction of sp³-hybridized carbons (Fsp3) is 0.0952. The van der Waals surface area contributed by atoms with Crippen molar-refractivity contribution in [2.75, 3.05) is 0 Å². The molecule has 0 saturated carbocycles. The zero-order valence-corrected chi connectivity index (χ0v) is 41.0. The molecular weight excluding hydrogens is 991 g/mol. The summed E-state index contributed by atoms with van der Waals surface area (Å²) in [5.41, 5.74) is 26.9. The zero-order chi connectivity index (χ0) is 44.9. The van der Waals surface area contributed by atoms with Gasteiger partial charge in [0, 0.05) is 71.7 Å². The summed E-state index contributed by atoms with van der Waals surface area (Å²) in [6, 6.07) is 71.5. The largest absolute Gasteiger partial charge is 0.213 e. The maximum absolute atomic E-state index is 2.41. The zero-order valence-electron chi connectivity index (χ0n) is 38.6. The molecule has 0 amide bonds. The van der Waals surface area contributed by atoms with Crippen LogP contribution in [0, 0.1) is 20.8 Å². The summed E-state index contributed by atoms with van der Waals surface area (Å²) >= 11 is 0. The van der Waals surface area contributed by atoms with Gasteiger partial charge in [-0.1, -0.05) is 127 Å². The van der Waals surface area contributed by atoms with Crippen LogP contribution in [0.2, 0.25) is 0 Å². The van der Waals surface area contributed by atoms with Crippen molar-refractivity contribution in [1.29, 1.82) is 0 Å². The Morgan fingerprint density at radius 3 is 1.24 bits per heavy atom. The van der Waals surface area contributed by atoms with Crippen LogP contribution in [0.5, 0.6) is 0 Å². The molecule has 1 aliphatic rings. The van der Waals surface area contributed by atoms with Gasteiger partial charge in [0.05, 0.1) is 5.56 Å². The molecule has 4 heterocycles. The van der Waals surface area contributed by atoms with Gasteiger partial charge < -0.3 is 0 Å². The molecule has 3 aromatic heterocycles. The summed E-state index contributed by atoms with van der Waals surface area (Å²) in [6.45, 7) is 7.50. The van der Waals surface area contributed by atoms with Crippen molar-refractivity contribution in [3.8, 4) is 101 Å². The monoisotopic (exact) mass is 1040 g/mol. The summed E-state index contributed by atoms with van der Waals surface area (Å²) in [6.07, 6.45) is 6.94. The van der Waals surface area contributed by atoms with Crippen molar-refractivity contribution < 1.29 is 33.8 Å². The number of fused-ring (bicyclic) bond motifs is 3. The number of hydrogen-bond acceptors (Lipinski definition) is 0. The number of nitrogens with zero attached hydrogens (tertiary/aromatic N) is 3. The summed E-state index contributed by atoms with van der Waals surface area (Å²) in [5, 5.41) is 0. The van der Waals surface area contributed by atoms with Crippen LogP contribution < -0.4 is 13.7 Å². The van der Waals surface area contributed by atoms with Gasteiger partial charge in [0.2, 0.25) is 17.1 Å². The standard InChI is InChI=1S/C63H52N3.Ir/c1-42-18-6-9-21-51(42)61-32-30-46(38-64(61)4)53-23-12-14-25-55(53)48-35-49(56-26-15-13-24-54(56)47-31-33-62-58-28-11-8-20-45(58)39-66(62)40-47)37-50(36-48)57-27-16-17-29-59(57)60-41-65(5)63(34-44(60)3)52-22-10-7-19-43(52)2;/h6-38,40-41H,39H2,1-5H3;/q+3;. The Bertz CT molecular complexity index is 3530. The molecule has 0 atom stereocenters. The van der Waals surface area contributed by atoms with E-state index in [0.29, 0.717) is 0 Å². The summed E-state index contributed by atoms with van der Waals surface area (Å²) < 4.78 is 6.96. The molecule has 0 spiro atoms. The number of benzene rings is 7. The second-order valence-electron chi connectivity index (χ2n) is 17.9. The Balaban J connectivity index is 0.00000525. The Hall–Kier alpha value is -7.36. The second-order valence-corrected chi connectivity index (χ2v) is 17.9. The van der Waals surface area contributed by atoms with E-state index < -0.39 is 0 Å². The Morgan fingerprint density at radius 2 is 0.701 bits per heavy atom. The molecule has 11 rings (SSSR count). The minimum Gasteiger partial charge on any atom is -0.200 e. The molecule has 67 heavy (non-hydrogen) atoms.